The fourth-order valence-corrected chi connectivity index (χ4v) is 1.20. The number of nitrogens with zero attached hydrogens (tertiary/aromatic N) is 2. The second-order valence-electron chi connectivity index (χ2n) is 3.09. The van der Waals surface area contributed by atoms with Crippen molar-refractivity contribution in [1.29, 1.82) is 0 Å². The topological polar surface area (TPSA) is 66.7 Å². The van der Waals surface area contributed by atoms with E-state index in [0.717, 1.165) is 11.5 Å². The summed E-state index contributed by atoms with van der Waals surface area (Å²) < 4.78 is 4.96. The van der Waals surface area contributed by atoms with Crippen molar-refractivity contribution in [2.45, 2.75) is 19.5 Å². The van der Waals surface area contributed by atoms with Crippen molar-refractivity contribution in [2.24, 2.45) is 0 Å². The summed E-state index contributed by atoms with van der Waals surface area (Å²) in [7, 11) is 0. The number of hydrogen-bond donors (Lipinski definition) is 2. The molecule has 0 saturated carbocycles. The first-order valence-electron chi connectivity index (χ1n) is 4.48. The number of hydrogen-bond acceptors (Lipinski definition) is 4. The minimum atomic E-state index is 0.225. The number of nitrogens with one attached hydrogen (secondary N) is 2. The Balaban J connectivity index is 1.87. The lowest BCUT2D eigenvalue weighted by atomic mass is 10.2. The van der Waals surface area contributed by atoms with E-state index in [4.69, 9.17) is 4.52 Å². The van der Waals surface area contributed by atoms with Crippen molar-refractivity contribution in [3.63, 3.8) is 0 Å². The summed E-state index contributed by atoms with van der Waals surface area (Å²) in [5.74, 6) is 0.830. The van der Waals surface area contributed by atoms with Gasteiger partial charge in [0.1, 0.15) is 5.76 Å². The van der Waals surface area contributed by atoms with E-state index in [1.54, 1.807) is 12.4 Å². The predicted molar refractivity (Wildman–Crippen MR) is 50.3 cm³/mol. The van der Waals surface area contributed by atoms with E-state index in [1.165, 1.54) is 0 Å². The van der Waals surface area contributed by atoms with Gasteiger partial charge in [0.05, 0.1) is 18.4 Å². The maximum atomic E-state index is 4.96. The van der Waals surface area contributed by atoms with Crippen LogP contribution in [0.1, 0.15) is 24.4 Å². The van der Waals surface area contributed by atoms with Crippen LogP contribution in [0.25, 0.3) is 0 Å². The quantitative estimate of drug-likeness (QED) is 0.765. The summed E-state index contributed by atoms with van der Waals surface area (Å²) in [4.78, 5) is 0. The van der Waals surface area contributed by atoms with Crippen LogP contribution >= 0.6 is 0 Å². The molecule has 0 aliphatic heterocycles. The van der Waals surface area contributed by atoms with Crippen LogP contribution in [0.4, 0.5) is 0 Å². The van der Waals surface area contributed by atoms with Gasteiger partial charge in [0.25, 0.3) is 0 Å². The zero-order valence-electron chi connectivity index (χ0n) is 7.90. The van der Waals surface area contributed by atoms with Gasteiger partial charge < -0.3 is 9.84 Å². The normalized spacial score (nSPS) is 12.9. The largest absolute Gasteiger partial charge is 0.360 e. The second-order valence-corrected chi connectivity index (χ2v) is 3.09. The van der Waals surface area contributed by atoms with Crippen LogP contribution in [0, 0.1) is 0 Å². The Kier molecular flexibility index (Phi) is 2.60. The van der Waals surface area contributed by atoms with Crippen molar-refractivity contribution < 1.29 is 4.52 Å². The molecule has 2 aromatic rings. The maximum absolute atomic E-state index is 4.96. The monoisotopic (exact) mass is 192 g/mol. The minimum absolute atomic E-state index is 0.225. The third-order valence-electron chi connectivity index (χ3n) is 2.06. The van der Waals surface area contributed by atoms with Crippen molar-refractivity contribution in [3.8, 4) is 0 Å². The second kappa shape index (κ2) is 4.06. The summed E-state index contributed by atoms with van der Waals surface area (Å²) >= 11 is 0. The maximum Gasteiger partial charge on any atom is 0.150 e. The number of H-pyrrole nitrogens is 1. The number of aromatic amines is 1. The lowest BCUT2D eigenvalue weighted by Gasteiger charge is -2.09. The van der Waals surface area contributed by atoms with Gasteiger partial charge in [0, 0.05) is 18.3 Å². The first-order valence-corrected chi connectivity index (χ1v) is 4.48. The molecule has 2 heterocycles. The average molecular weight is 192 g/mol. The standard InChI is InChI=1S/C9H12N4O/c1-7(9-3-4-11-13-9)10-6-8-2-5-12-14-8/h2-5,7,10H,6H2,1H3,(H,11,13). The minimum Gasteiger partial charge on any atom is -0.360 e. The highest BCUT2D eigenvalue weighted by Gasteiger charge is 2.06. The van der Waals surface area contributed by atoms with Gasteiger partial charge in [-0.15, -0.1) is 0 Å². The molecule has 0 radical (unpaired) electrons. The molecule has 1 unspecified atom stereocenters. The third-order valence-corrected chi connectivity index (χ3v) is 2.06. The molecule has 1 atom stereocenters. The van der Waals surface area contributed by atoms with Crippen LogP contribution in [-0.4, -0.2) is 15.4 Å². The first kappa shape index (κ1) is 8.96. The number of aromatic nitrogens is 3. The van der Waals surface area contributed by atoms with Crippen LogP contribution in [0.5, 0.6) is 0 Å². The molecule has 2 aromatic heterocycles. The van der Waals surface area contributed by atoms with Gasteiger partial charge in [0.2, 0.25) is 0 Å². The summed E-state index contributed by atoms with van der Waals surface area (Å²) in [5.41, 5.74) is 1.06. The Labute approximate surface area is 81.5 Å². The van der Waals surface area contributed by atoms with Crippen LogP contribution in [0.3, 0.4) is 0 Å². The van der Waals surface area contributed by atoms with E-state index in [2.05, 4.69) is 27.6 Å². The highest BCUT2D eigenvalue weighted by atomic mass is 16.5. The van der Waals surface area contributed by atoms with E-state index in [0.29, 0.717) is 6.54 Å². The van der Waals surface area contributed by atoms with Gasteiger partial charge in [-0.25, -0.2) is 0 Å². The molecule has 2 N–H and O–H groups in total. The average Bonchev–Trinajstić information content (AvgIpc) is 2.87. The third kappa shape index (κ3) is 2.00. The van der Waals surface area contributed by atoms with Gasteiger partial charge in [-0.05, 0) is 13.0 Å². The van der Waals surface area contributed by atoms with Gasteiger partial charge >= 0.3 is 0 Å². The smallest absolute Gasteiger partial charge is 0.150 e. The van der Waals surface area contributed by atoms with E-state index >= 15 is 0 Å². The Morgan fingerprint density at radius 3 is 3.07 bits per heavy atom. The van der Waals surface area contributed by atoms with Crippen LogP contribution < -0.4 is 5.32 Å². The molecule has 0 aliphatic rings. The van der Waals surface area contributed by atoms with E-state index in [-0.39, 0.29) is 6.04 Å². The summed E-state index contributed by atoms with van der Waals surface area (Å²) in [6, 6.07) is 4.01. The Bertz CT molecular complexity index is 354. The molecule has 5 nitrogen and oxygen atoms in total. The summed E-state index contributed by atoms with van der Waals surface area (Å²) in [6.07, 6.45) is 3.37. The van der Waals surface area contributed by atoms with Gasteiger partial charge in [-0.2, -0.15) is 5.10 Å². The zero-order valence-corrected chi connectivity index (χ0v) is 7.90. The molecule has 0 amide bonds. The van der Waals surface area contributed by atoms with Crippen molar-refractivity contribution in [2.75, 3.05) is 0 Å². The fourth-order valence-electron chi connectivity index (χ4n) is 1.20. The summed E-state index contributed by atoms with van der Waals surface area (Å²) in [6.45, 7) is 2.73. The Morgan fingerprint density at radius 1 is 1.50 bits per heavy atom. The highest BCUT2D eigenvalue weighted by Crippen LogP contribution is 2.08. The van der Waals surface area contributed by atoms with Gasteiger partial charge in [-0.3, -0.25) is 5.10 Å². The lowest BCUT2D eigenvalue weighted by molar-refractivity contribution is 0.365. The van der Waals surface area contributed by atoms with Crippen molar-refractivity contribution in [3.05, 3.63) is 36.0 Å². The van der Waals surface area contributed by atoms with Crippen molar-refractivity contribution in [1.82, 2.24) is 20.7 Å². The van der Waals surface area contributed by atoms with E-state index < -0.39 is 0 Å². The zero-order chi connectivity index (χ0) is 9.80. The van der Waals surface area contributed by atoms with Gasteiger partial charge in [0.15, 0.2) is 0 Å². The molecule has 0 fully saturated rings. The summed E-state index contributed by atoms with van der Waals surface area (Å²) in [5, 5.41) is 13.7. The molecule has 0 aromatic carbocycles. The number of rotatable bonds is 4. The molecular weight excluding hydrogens is 180 g/mol. The molecule has 0 bridgehead atoms. The van der Waals surface area contributed by atoms with Crippen LogP contribution in [0.15, 0.2) is 29.0 Å². The molecule has 2 rings (SSSR count). The molecule has 5 heteroatoms. The molecule has 14 heavy (non-hydrogen) atoms. The van der Waals surface area contributed by atoms with Crippen molar-refractivity contribution >= 4 is 0 Å². The van der Waals surface area contributed by atoms with E-state index in [1.807, 2.05) is 12.1 Å². The highest BCUT2D eigenvalue weighted by molar-refractivity contribution is 5.03. The molecular formula is C9H12N4O. The molecule has 0 saturated heterocycles. The van der Waals surface area contributed by atoms with E-state index in [9.17, 15) is 0 Å². The molecule has 0 aliphatic carbocycles. The lowest BCUT2D eigenvalue weighted by Crippen LogP contribution is -2.18. The molecule has 74 valence electrons. The predicted octanol–water partition coefficient (Wildman–Crippen LogP) is 1.25. The Hall–Kier alpha value is -1.62. The van der Waals surface area contributed by atoms with Gasteiger partial charge in [-0.1, -0.05) is 5.16 Å². The van der Waals surface area contributed by atoms with Crippen LogP contribution in [0.2, 0.25) is 0 Å². The molecule has 0 spiro atoms. The SMILES string of the molecule is CC(NCc1ccno1)c1ccn[nH]1. The van der Waals surface area contributed by atoms with Crippen LogP contribution in [-0.2, 0) is 6.54 Å². The first-order chi connectivity index (χ1) is 6.86. The Morgan fingerprint density at radius 2 is 2.43 bits per heavy atom. The fraction of sp³-hybridized carbons (Fsp3) is 0.333.